The van der Waals surface area contributed by atoms with Crippen molar-refractivity contribution >= 4 is 28.8 Å². The van der Waals surface area contributed by atoms with Gasteiger partial charge in [-0.15, -0.1) is 11.3 Å². The highest BCUT2D eigenvalue weighted by atomic mass is 35.5. The van der Waals surface area contributed by atoms with Crippen molar-refractivity contribution in [3.8, 4) is 0 Å². The Kier molecular flexibility index (Phi) is 5.08. The predicted octanol–water partition coefficient (Wildman–Crippen LogP) is 2.08. The Morgan fingerprint density at radius 3 is 2.93 bits per heavy atom. The summed E-state index contributed by atoms with van der Waals surface area (Å²) >= 11 is 7.28. The molecule has 0 bridgehead atoms. The van der Waals surface area contributed by atoms with Crippen LogP contribution in [0.2, 0.25) is 5.02 Å². The smallest absolute Gasteiger partial charge is 0.265 e. The minimum atomic E-state index is 0.00565. The second-order valence-electron chi connectivity index (χ2n) is 3.28. The highest BCUT2D eigenvalue weighted by molar-refractivity contribution is 7.12. The topological polar surface area (TPSA) is 32.3 Å². The Morgan fingerprint density at radius 1 is 1.67 bits per heavy atom. The van der Waals surface area contributed by atoms with Crippen LogP contribution in [0.1, 0.15) is 16.1 Å². The summed E-state index contributed by atoms with van der Waals surface area (Å²) in [5, 5.41) is 5.42. The van der Waals surface area contributed by atoms with Gasteiger partial charge in [-0.05, 0) is 31.5 Å². The number of thiophene rings is 1. The van der Waals surface area contributed by atoms with Crippen LogP contribution in [0.4, 0.5) is 0 Å². The normalized spacial score (nSPS) is 10.3. The van der Waals surface area contributed by atoms with Gasteiger partial charge in [0, 0.05) is 13.6 Å². The number of nitrogens with zero attached hydrogens (tertiary/aromatic N) is 1. The monoisotopic (exact) mass is 246 g/mol. The van der Waals surface area contributed by atoms with Crippen LogP contribution in [-0.2, 0) is 0 Å². The van der Waals surface area contributed by atoms with E-state index in [4.69, 9.17) is 11.6 Å². The quantitative estimate of drug-likeness (QED) is 0.807. The molecule has 1 amide bonds. The van der Waals surface area contributed by atoms with Gasteiger partial charge in [0.1, 0.15) is 4.88 Å². The van der Waals surface area contributed by atoms with E-state index in [1.165, 1.54) is 11.3 Å². The maximum Gasteiger partial charge on any atom is 0.265 e. The molecule has 0 fully saturated rings. The predicted molar refractivity (Wildman–Crippen MR) is 64.8 cm³/mol. The first kappa shape index (κ1) is 12.5. The van der Waals surface area contributed by atoms with Crippen molar-refractivity contribution in [1.29, 1.82) is 0 Å². The first-order chi connectivity index (χ1) is 7.16. The molecule has 5 heteroatoms. The first-order valence-electron chi connectivity index (χ1n) is 4.80. The Morgan fingerprint density at radius 2 is 2.40 bits per heavy atom. The van der Waals surface area contributed by atoms with Crippen molar-refractivity contribution in [2.45, 2.75) is 6.42 Å². The molecule has 0 saturated heterocycles. The van der Waals surface area contributed by atoms with Crippen molar-refractivity contribution in [1.82, 2.24) is 10.2 Å². The van der Waals surface area contributed by atoms with Crippen LogP contribution in [0.25, 0.3) is 0 Å². The zero-order valence-corrected chi connectivity index (χ0v) is 10.5. The lowest BCUT2D eigenvalue weighted by Gasteiger charge is -2.16. The molecule has 0 aliphatic heterocycles. The molecule has 1 rings (SSSR count). The van der Waals surface area contributed by atoms with Gasteiger partial charge in [-0.1, -0.05) is 11.6 Å². The van der Waals surface area contributed by atoms with Crippen LogP contribution in [0.15, 0.2) is 11.4 Å². The zero-order valence-electron chi connectivity index (χ0n) is 8.92. The number of hydrogen-bond acceptors (Lipinski definition) is 3. The fourth-order valence-electron chi connectivity index (χ4n) is 1.21. The maximum atomic E-state index is 11.9. The Labute approximate surface area is 99.0 Å². The molecule has 0 radical (unpaired) electrons. The first-order valence-corrected chi connectivity index (χ1v) is 6.05. The summed E-state index contributed by atoms with van der Waals surface area (Å²) in [7, 11) is 3.70. The molecular weight excluding hydrogens is 232 g/mol. The summed E-state index contributed by atoms with van der Waals surface area (Å²) < 4.78 is 0. The lowest BCUT2D eigenvalue weighted by Crippen LogP contribution is -2.28. The van der Waals surface area contributed by atoms with Crippen LogP contribution in [0, 0.1) is 0 Å². The average molecular weight is 247 g/mol. The van der Waals surface area contributed by atoms with Gasteiger partial charge < -0.3 is 10.2 Å². The van der Waals surface area contributed by atoms with Crippen molar-refractivity contribution in [2.24, 2.45) is 0 Å². The number of carbonyl (C=O) groups is 1. The van der Waals surface area contributed by atoms with Gasteiger partial charge in [-0.3, -0.25) is 4.79 Å². The molecular formula is C10H15ClN2OS. The largest absolute Gasteiger partial charge is 0.341 e. The van der Waals surface area contributed by atoms with Gasteiger partial charge in [0.25, 0.3) is 5.91 Å². The van der Waals surface area contributed by atoms with Gasteiger partial charge in [0.05, 0.1) is 5.02 Å². The molecule has 0 aliphatic rings. The van der Waals surface area contributed by atoms with E-state index in [1.807, 2.05) is 12.4 Å². The Hall–Kier alpha value is -0.580. The number of rotatable bonds is 5. The molecule has 1 N–H and O–H groups in total. The second-order valence-corrected chi connectivity index (χ2v) is 4.60. The highest BCUT2D eigenvalue weighted by Gasteiger charge is 2.15. The Balaban J connectivity index is 2.50. The van der Waals surface area contributed by atoms with E-state index in [0.717, 1.165) is 19.5 Å². The van der Waals surface area contributed by atoms with Gasteiger partial charge in [-0.25, -0.2) is 0 Å². The fourth-order valence-corrected chi connectivity index (χ4v) is 2.34. The maximum absolute atomic E-state index is 11.9. The summed E-state index contributed by atoms with van der Waals surface area (Å²) in [5.74, 6) is 0.00565. The number of carbonyl (C=O) groups excluding carboxylic acids is 1. The van der Waals surface area contributed by atoms with E-state index >= 15 is 0 Å². The third kappa shape index (κ3) is 3.48. The van der Waals surface area contributed by atoms with Gasteiger partial charge >= 0.3 is 0 Å². The summed E-state index contributed by atoms with van der Waals surface area (Å²) in [6.45, 7) is 1.66. The van der Waals surface area contributed by atoms with Gasteiger partial charge in [0.2, 0.25) is 0 Å². The van der Waals surface area contributed by atoms with E-state index in [-0.39, 0.29) is 5.91 Å². The number of amides is 1. The summed E-state index contributed by atoms with van der Waals surface area (Å²) in [5.41, 5.74) is 0. The lowest BCUT2D eigenvalue weighted by atomic mass is 10.3. The van der Waals surface area contributed by atoms with E-state index in [9.17, 15) is 4.79 Å². The molecule has 0 aromatic carbocycles. The van der Waals surface area contributed by atoms with Crippen LogP contribution in [-0.4, -0.2) is 38.0 Å². The fraction of sp³-hybridized carbons (Fsp3) is 0.500. The van der Waals surface area contributed by atoms with Gasteiger partial charge in [0.15, 0.2) is 0 Å². The van der Waals surface area contributed by atoms with Gasteiger partial charge in [-0.2, -0.15) is 0 Å². The molecule has 84 valence electrons. The molecule has 0 spiro atoms. The lowest BCUT2D eigenvalue weighted by molar-refractivity contribution is 0.0798. The molecule has 1 aromatic heterocycles. The minimum Gasteiger partial charge on any atom is -0.341 e. The number of halogens is 1. The number of hydrogen-bond donors (Lipinski definition) is 1. The highest BCUT2D eigenvalue weighted by Crippen LogP contribution is 2.23. The van der Waals surface area contributed by atoms with Crippen LogP contribution < -0.4 is 5.32 Å². The van der Waals surface area contributed by atoms with E-state index in [1.54, 1.807) is 18.0 Å². The molecule has 15 heavy (non-hydrogen) atoms. The standard InChI is InChI=1S/C10H15ClN2OS/c1-12-5-3-6-13(2)10(14)9-8(11)4-7-15-9/h4,7,12H,3,5-6H2,1-2H3. The van der Waals surface area contributed by atoms with Crippen molar-refractivity contribution in [3.63, 3.8) is 0 Å². The minimum absolute atomic E-state index is 0.00565. The van der Waals surface area contributed by atoms with E-state index < -0.39 is 0 Å². The average Bonchev–Trinajstić information content (AvgIpc) is 2.63. The van der Waals surface area contributed by atoms with E-state index in [0.29, 0.717) is 9.90 Å². The third-order valence-electron chi connectivity index (χ3n) is 2.08. The molecule has 0 atom stereocenters. The molecule has 1 heterocycles. The Bertz CT molecular complexity index is 327. The molecule has 3 nitrogen and oxygen atoms in total. The zero-order chi connectivity index (χ0) is 11.3. The summed E-state index contributed by atoms with van der Waals surface area (Å²) in [6.07, 6.45) is 0.946. The summed E-state index contributed by atoms with van der Waals surface area (Å²) in [4.78, 5) is 14.2. The molecule has 1 aromatic rings. The van der Waals surface area contributed by atoms with Crippen molar-refractivity contribution in [2.75, 3.05) is 27.2 Å². The van der Waals surface area contributed by atoms with Crippen LogP contribution in [0.5, 0.6) is 0 Å². The molecule has 0 aliphatic carbocycles. The van der Waals surface area contributed by atoms with Crippen LogP contribution in [0.3, 0.4) is 0 Å². The number of nitrogens with one attached hydrogen (secondary N) is 1. The molecule has 0 unspecified atom stereocenters. The second kappa shape index (κ2) is 6.10. The third-order valence-corrected chi connectivity index (χ3v) is 3.41. The van der Waals surface area contributed by atoms with E-state index in [2.05, 4.69) is 5.32 Å². The molecule has 0 saturated carbocycles. The van der Waals surface area contributed by atoms with Crippen molar-refractivity contribution < 1.29 is 4.79 Å². The SMILES string of the molecule is CNCCCN(C)C(=O)c1sccc1Cl. The van der Waals surface area contributed by atoms with Crippen molar-refractivity contribution in [3.05, 3.63) is 21.3 Å². The van der Waals surface area contributed by atoms with Crippen LogP contribution >= 0.6 is 22.9 Å². The summed E-state index contributed by atoms with van der Waals surface area (Å²) in [6, 6.07) is 1.75.